The second kappa shape index (κ2) is 6.74. The van der Waals surface area contributed by atoms with Gasteiger partial charge in [-0.1, -0.05) is 47.1 Å². The van der Waals surface area contributed by atoms with Crippen molar-refractivity contribution in [3.63, 3.8) is 0 Å². The van der Waals surface area contributed by atoms with Crippen LogP contribution in [0.4, 0.5) is 5.69 Å². The Bertz CT molecular complexity index is 582. The molecular weight excluding hydrogens is 382 g/mol. The summed E-state index contributed by atoms with van der Waals surface area (Å²) in [5.74, 6) is 0. The highest BCUT2D eigenvalue weighted by Gasteiger charge is 2.30. The second-order valence-corrected chi connectivity index (χ2v) is 6.48. The summed E-state index contributed by atoms with van der Waals surface area (Å²) in [5.41, 5.74) is 1.55. The van der Waals surface area contributed by atoms with Crippen molar-refractivity contribution in [2.45, 2.75) is 18.9 Å². The zero-order valence-corrected chi connectivity index (χ0v) is 14.4. The molecule has 0 radical (unpaired) electrons. The summed E-state index contributed by atoms with van der Waals surface area (Å²) in [7, 11) is 0. The minimum Gasteiger partial charge on any atom is -0.394 e. The van der Waals surface area contributed by atoms with Crippen molar-refractivity contribution in [3.05, 3.63) is 63.0 Å². The SMILES string of the molecule is CCC(CO)(Nc1ccccc1Br)c1cccc(Br)c1. The molecule has 2 N–H and O–H groups in total. The van der Waals surface area contributed by atoms with Crippen LogP contribution < -0.4 is 5.32 Å². The van der Waals surface area contributed by atoms with Crippen molar-refractivity contribution in [2.75, 3.05) is 11.9 Å². The van der Waals surface area contributed by atoms with Gasteiger partial charge >= 0.3 is 0 Å². The van der Waals surface area contributed by atoms with Gasteiger partial charge < -0.3 is 10.4 Å². The lowest BCUT2D eigenvalue weighted by Gasteiger charge is -2.34. The first-order chi connectivity index (χ1) is 9.61. The van der Waals surface area contributed by atoms with Gasteiger partial charge in [0.25, 0.3) is 0 Å². The van der Waals surface area contributed by atoms with Gasteiger partial charge in [0.2, 0.25) is 0 Å². The summed E-state index contributed by atoms with van der Waals surface area (Å²) in [6.45, 7) is 2.10. The van der Waals surface area contributed by atoms with E-state index in [-0.39, 0.29) is 6.61 Å². The van der Waals surface area contributed by atoms with Gasteiger partial charge in [0.15, 0.2) is 0 Å². The normalized spacial score (nSPS) is 13.8. The molecular formula is C16H17Br2NO. The molecule has 2 nitrogen and oxygen atoms in total. The number of nitrogens with one attached hydrogen (secondary N) is 1. The monoisotopic (exact) mass is 397 g/mol. The van der Waals surface area contributed by atoms with E-state index in [0.29, 0.717) is 0 Å². The number of para-hydroxylation sites is 1. The molecule has 4 heteroatoms. The van der Waals surface area contributed by atoms with Crippen LogP contribution in [0.2, 0.25) is 0 Å². The molecule has 0 amide bonds. The Morgan fingerprint density at radius 3 is 2.45 bits per heavy atom. The van der Waals surface area contributed by atoms with E-state index in [0.717, 1.165) is 26.6 Å². The summed E-state index contributed by atoms with van der Waals surface area (Å²) >= 11 is 7.04. The molecule has 0 heterocycles. The summed E-state index contributed by atoms with van der Waals surface area (Å²) < 4.78 is 2.00. The van der Waals surface area contributed by atoms with Crippen LogP contribution in [0.1, 0.15) is 18.9 Å². The van der Waals surface area contributed by atoms with E-state index >= 15 is 0 Å². The summed E-state index contributed by atoms with van der Waals surface area (Å²) in [6, 6.07) is 16.0. The number of hydrogen-bond acceptors (Lipinski definition) is 2. The number of hydrogen-bond donors (Lipinski definition) is 2. The Morgan fingerprint density at radius 1 is 1.10 bits per heavy atom. The predicted octanol–water partition coefficient (Wildman–Crippen LogP) is 4.92. The van der Waals surface area contributed by atoms with Crippen LogP contribution >= 0.6 is 31.9 Å². The van der Waals surface area contributed by atoms with Crippen molar-refractivity contribution in [3.8, 4) is 0 Å². The molecule has 2 aromatic carbocycles. The Labute approximate surface area is 136 Å². The number of aliphatic hydroxyl groups is 1. The molecule has 1 unspecified atom stereocenters. The molecule has 0 aliphatic rings. The number of halogens is 2. The first-order valence-electron chi connectivity index (χ1n) is 6.51. The van der Waals surface area contributed by atoms with Gasteiger partial charge in [-0.25, -0.2) is 0 Å². The first kappa shape index (κ1) is 15.5. The quantitative estimate of drug-likeness (QED) is 0.748. The van der Waals surface area contributed by atoms with Crippen molar-refractivity contribution in [1.29, 1.82) is 0 Å². The Morgan fingerprint density at radius 2 is 1.85 bits per heavy atom. The maximum absolute atomic E-state index is 9.98. The lowest BCUT2D eigenvalue weighted by molar-refractivity contribution is 0.207. The van der Waals surface area contributed by atoms with Crippen molar-refractivity contribution >= 4 is 37.5 Å². The minimum absolute atomic E-state index is 0.0291. The molecule has 0 aromatic heterocycles. The third-order valence-corrected chi connectivity index (χ3v) is 4.68. The van der Waals surface area contributed by atoms with Crippen LogP contribution in [0, 0.1) is 0 Å². The molecule has 20 heavy (non-hydrogen) atoms. The van der Waals surface area contributed by atoms with Crippen LogP contribution in [-0.4, -0.2) is 11.7 Å². The van der Waals surface area contributed by atoms with Gasteiger partial charge in [-0.2, -0.15) is 0 Å². The van der Waals surface area contributed by atoms with E-state index in [1.807, 2.05) is 48.5 Å². The van der Waals surface area contributed by atoms with Crippen LogP contribution in [0.15, 0.2) is 57.5 Å². The van der Waals surface area contributed by atoms with Crippen LogP contribution in [0.25, 0.3) is 0 Å². The average molecular weight is 399 g/mol. The smallest absolute Gasteiger partial charge is 0.0854 e. The summed E-state index contributed by atoms with van der Waals surface area (Å²) in [4.78, 5) is 0. The zero-order valence-electron chi connectivity index (χ0n) is 11.2. The largest absolute Gasteiger partial charge is 0.394 e. The average Bonchev–Trinajstić information content (AvgIpc) is 2.47. The van der Waals surface area contributed by atoms with Gasteiger partial charge in [-0.05, 0) is 52.2 Å². The van der Waals surface area contributed by atoms with Crippen molar-refractivity contribution < 1.29 is 5.11 Å². The van der Waals surface area contributed by atoms with Gasteiger partial charge in [0.05, 0.1) is 12.1 Å². The summed E-state index contributed by atoms with van der Waals surface area (Å²) in [5, 5.41) is 13.5. The molecule has 0 bridgehead atoms. The van der Waals surface area contributed by atoms with Crippen LogP contribution in [0.5, 0.6) is 0 Å². The maximum Gasteiger partial charge on any atom is 0.0854 e. The molecule has 0 spiro atoms. The van der Waals surface area contributed by atoms with Crippen LogP contribution in [0.3, 0.4) is 0 Å². The fourth-order valence-electron chi connectivity index (χ4n) is 2.21. The number of anilines is 1. The molecule has 2 rings (SSSR count). The van der Waals surface area contributed by atoms with Gasteiger partial charge in [0, 0.05) is 14.6 Å². The van der Waals surface area contributed by atoms with E-state index in [9.17, 15) is 5.11 Å². The predicted molar refractivity (Wildman–Crippen MR) is 91.0 cm³/mol. The van der Waals surface area contributed by atoms with Crippen molar-refractivity contribution in [2.24, 2.45) is 0 Å². The Balaban J connectivity index is 2.42. The van der Waals surface area contributed by atoms with E-state index in [1.165, 1.54) is 0 Å². The van der Waals surface area contributed by atoms with E-state index in [2.05, 4.69) is 44.1 Å². The Kier molecular flexibility index (Phi) is 5.24. The lowest BCUT2D eigenvalue weighted by atomic mass is 9.87. The van der Waals surface area contributed by atoms with E-state index in [1.54, 1.807) is 0 Å². The van der Waals surface area contributed by atoms with Gasteiger partial charge in [-0.3, -0.25) is 0 Å². The molecule has 106 valence electrons. The maximum atomic E-state index is 9.98. The molecule has 0 aliphatic heterocycles. The van der Waals surface area contributed by atoms with Gasteiger partial charge in [0.1, 0.15) is 0 Å². The molecule has 0 fully saturated rings. The lowest BCUT2D eigenvalue weighted by Crippen LogP contribution is -2.38. The highest BCUT2D eigenvalue weighted by Crippen LogP contribution is 2.33. The fraction of sp³-hybridized carbons (Fsp3) is 0.250. The molecule has 2 aromatic rings. The molecule has 0 saturated heterocycles. The minimum atomic E-state index is -0.492. The highest BCUT2D eigenvalue weighted by molar-refractivity contribution is 9.10. The standard InChI is InChI=1S/C16H17Br2NO/c1-2-16(11-20,12-6-5-7-13(17)10-12)19-15-9-4-3-8-14(15)18/h3-10,19-20H,2,11H2,1H3. The third-order valence-electron chi connectivity index (χ3n) is 3.50. The van der Waals surface area contributed by atoms with E-state index < -0.39 is 5.54 Å². The summed E-state index contributed by atoms with van der Waals surface area (Å²) in [6.07, 6.45) is 0.779. The van der Waals surface area contributed by atoms with Gasteiger partial charge in [-0.15, -0.1) is 0 Å². The number of aliphatic hydroxyl groups excluding tert-OH is 1. The molecule has 1 atom stereocenters. The van der Waals surface area contributed by atoms with Crippen LogP contribution in [-0.2, 0) is 5.54 Å². The fourth-order valence-corrected chi connectivity index (χ4v) is 3.00. The molecule has 0 aliphatic carbocycles. The third kappa shape index (κ3) is 3.25. The zero-order chi connectivity index (χ0) is 14.6. The Hall–Kier alpha value is -0.840. The first-order valence-corrected chi connectivity index (χ1v) is 8.09. The topological polar surface area (TPSA) is 32.3 Å². The number of rotatable bonds is 5. The van der Waals surface area contributed by atoms with Crippen molar-refractivity contribution in [1.82, 2.24) is 0 Å². The second-order valence-electron chi connectivity index (χ2n) is 4.71. The highest BCUT2D eigenvalue weighted by atomic mass is 79.9. The number of benzene rings is 2. The molecule has 0 saturated carbocycles. The van der Waals surface area contributed by atoms with E-state index in [4.69, 9.17) is 0 Å².